The number of phenols is 1. The zero-order valence-electron chi connectivity index (χ0n) is 16.3. The Morgan fingerprint density at radius 2 is 1.88 bits per heavy atom. The number of likely N-dealkylation sites (N-methyl/N-ethyl adjacent to an activating group) is 1. The maximum Gasteiger partial charge on any atom is 0.280 e. The molecule has 0 bridgehead atoms. The van der Waals surface area contributed by atoms with E-state index in [9.17, 15) is 9.90 Å². The molecule has 0 radical (unpaired) electrons. The van der Waals surface area contributed by atoms with Gasteiger partial charge in [-0.3, -0.25) is 4.79 Å². The van der Waals surface area contributed by atoms with Gasteiger partial charge in [-0.05, 0) is 38.8 Å². The van der Waals surface area contributed by atoms with Crippen molar-refractivity contribution in [1.82, 2.24) is 4.90 Å². The van der Waals surface area contributed by atoms with E-state index in [0.29, 0.717) is 17.7 Å². The van der Waals surface area contributed by atoms with E-state index < -0.39 is 0 Å². The van der Waals surface area contributed by atoms with Crippen LogP contribution in [-0.4, -0.2) is 60.7 Å². The maximum atomic E-state index is 13.1. The number of aromatic hydroxyl groups is 1. The highest BCUT2D eigenvalue weighted by Gasteiger charge is 2.34. The van der Waals surface area contributed by atoms with Gasteiger partial charge in [0, 0.05) is 12.6 Å². The topological polar surface area (TPSA) is 48.2 Å². The lowest BCUT2D eigenvalue weighted by atomic mass is 9.93. The van der Waals surface area contributed by atoms with Crippen molar-refractivity contribution < 1.29 is 14.8 Å². The van der Waals surface area contributed by atoms with Crippen molar-refractivity contribution >= 4 is 11.6 Å². The number of hydrogen-bond donors (Lipinski definition) is 2. The molecule has 144 valence electrons. The van der Waals surface area contributed by atoms with Crippen molar-refractivity contribution in [1.29, 1.82) is 0 Å². The summed E-state index contributed by atoms with van der Waals surface area (Å²) < 4.78 is 0. The average molecular weight is 361 g/mol. The minimum absolute atomic E-state index is 0.0170. The predicted molar refractivity (Wildman–Crippen MR) is 105 cm³/mol. The summed E-state index contributed by atoms with van der Waals surface area (Å²) in [6.07, 6.45) is 6.17. The highest BCUT2D eigenvalue weighted by molar-refractivity contribution is 5.80. The number of phenolic OH excluding ortho intramolecular Hbond substituents is 1. The fraction of sp³-hybridized carbons (Fsp3) is 0.667. The minimum Gasteiger partial charge on any atom is -0.506 e. The molecule has 2 aliphatic rings. The summed E-state index contributed by atoms with van der Waals surface area (Å²) >= 11 is 0. The number of nitrogens with zero attached hydrogens (tertiary/aromatic N) is 2. The van der Waals surface area contributed by atoms with Crippen molar-refractivity contribution in [3.05, 3.63) is 24.3 Å². The summed E-state index contributed by atoms with van der Waals surface area (Å²) in [6, 6.07) is 7.99. The largest absolute Gasteiger partial charge is 0.506 e. The number of hydrogen-bond acceptors (Lipinski definition) is 3. The molecule has 5 heteroatoms. The van der Waals surface area contributed by atoms with Crippen LogP contribution in [-0.2, 0) is 4.79 Å². The molecule has 1 saturated heterocycles. The van der Waals surface area contributed by atoms with Crippen LogP contribution in [0.15, 0.2) is 24.3 Å². The molecule has 1 saturated carbocycles. The van der Waals surface area contributed by atoms with Gasteiger partial charge in [-0.25, -0.2) is 0 Å². The van der Waals surface area contributed by atoms with Crippen molar-refractivity contribution in [2.45, 2.75) is 58.0 Å². The first-order chi connectivity index (χ1) is 12.6. The first-order valence-corrected chi connectivity index (χ1v) is 10.3. The van der Waals surface area contributed by atoms with Gasteiger partial charge in [-0.15, -0.1) is 0 Å². The van der Waals surface area contributed by atoms with Gasteiger partial charge in [0.1, 0.15) is 5.75 Å². The number of nitrogens with one attached hydrogen (secondary N) is 1. The van der Waals surface area contributed by atoms with Crippen LogP contribution in [0.1, 0.15) is 46.0 Å². The molecule has 2 fully saturated rings. The van der Waals surface area contributed by atoms with Crippen LogP contribution in [0.3, 0.4) is 0 Å². The van der Waals surface area contributed by atoms with Gasteiger partial charge in [0.05, 0.1) is 31.9 Å². The molecule has 5 nitrogen and oxygen atoms in total. The molecule has 1 aliphatic heterocycles. The number of carbonyl (C=O) groups excluding carboxylic acids is 1. The Morgan fingerprint density at radius 1 is 1.23 bits per heavy atom. The molecule has 2 N–H and O–H groups in total. The zero-order chi connectivity index (χ0) is 18.5. The summed E-state index contributed by atoms with van der Waals surface area (Å²) in [5.74, 6) is 0.667. The Balaban J connectivity index is 1.57. The predicted octanol–water partition coefficient (Wildman–Crippen LogP) is 1.67. The Morgan fingerprint density at radius 3 is 2.50 bits per heavy atom. The van der Waals surface area contributed by atoms with Gasteiger partial charge < -0.3 is 19.8 Å². The normalized spacial score (nSPS) is 20.8. The number of piperazine rings is 1. The van der Waals surface area contributed by atoms with Gasteiger partial charge in [-0.2, -0.15) is 0 Å². The highest BCUT2D eigenvalue weighted by Crippen LogP contribution is 2.26. The van der Waals surface area contributed by atoms with Crippen molar-refractivity contribution in [2.75, 3.05) is 37.6 Å². The second-order valence-corrected chi connectivity index (χ2v) is 7.77. The average Bonchev–Trinajstić information content (AvgIpc) is 2.69. The van der Waals surface area contributed by atoms with Crippen LogP contribution in [0.2, 0.25) is 0 Å². The summed E-state index contributed by atoms with van der Waals surface area (Å²) in [5.41, 5.74) is 0.905. The first kappa shape index (κ1) is 19.0. The van der Waals surface area contributed by atoms with E-state index in [1.807, 2.05) is 18.2 Å². The van der Waals surface area contributed by atoms with Crippen molar-refractivity contribution in [3.63, 3.8) is 0 Å². The first-order valence-electron chi connectivity index (χ1n) is 10.3. The summed E-state index contributed by atoms with van der Waals surface area (Å²) in [7, 11) is 0. The zero-order valence-corrected chi connectivity index (χ0v) is 16.3. The molecule has 0 unspecified atom stereocenters. The number of amides is 1. The number of quaternary nitrogens is 1. The van der Waals surface area contributed by atoms with E-state index in [-0.39, 0.29) is 6.04 Å². The minimum atomic E-state index is 0.0170. The molecule has 1 aromatic carbocycles. The quantitative estimate of drug-likeness (QED) is 0.840. The smallest absolute Gasteiger partial charge is 0.280 e. The van der Waals surface area contributed by atoms with E-state index in [4.69, 9.17) is 0 Å². The molecule has 26 heavy (non-hydrogen) atoms. The third-order valence-corrected chi connectivity index (χ3v) is 6.25. The molecule has 0 aromatic heterocycles. The van der Waals surface area contributed by atoms with Crippen LogP contribution in [0, 0.1) is 0 Å². The third-order valence-electron chi connectivity index (χ3n) is 6.25. The lowest BCUT2D eigenvalue weighted by Crippen LogP contribution is -3.19. The van der Waals surface area contributed by atoms with Gasteiger partial charge in [-0.1, -0.05) is 31.4 Å². The Labute approximate surface area is 157 Å². The van der Waals surface area contributed by atoms with E-state index in [1.54, 1.807) is 6.07 Å². The fourth-order valence-corrected chi connectivity index (χ4v) is 4.61. The van der Waals surface area contributed by atoms with Gasteiger partial charge >= 0.3 is 0 Å². The van der Waals surface area contributed by atoms with Gasteiger partial charge in [0.2, 0.25) is 0 Å². The number of benzene rings is 1. The van der Waals surface area contributed by atoms with Crippen LogP contribution in [0.5, 0.6) is 5.75 Å². The molecule has 1 atom stereocenters. The molecule has 3 rings (SSSR count). The van der Waals surface area contributed by atoms with E-state index in [0.717, 1.165) is 38.4 Å². The lowest BCUT2D eigenvalue weighted by molar-refractivity contribution is -0.915. The molecule has 0 spiro atoms. The Hall–Kier alpha value is -1.75. The molecule has 1 aromatic rings. The number of carbonyl (C=O) groups is 1. The Kier molecular flexibility index (Phi) is 6.41. The summed E-state index contributed by atoms with van der Waals surface area (Å²) in [4.78, 5) is 18.9. The maximum absolute atomic E-state index is 13.1. The second-order valence-electron chi connectivity index (χ2n) is 7.77. The van der Waals surface area contributed by atoms with Crippen LogP contribution in [0.4, 0.5) is 5.69 Å². The monoisotopic (exact) mass is 360 g/mol. The fourth-order valence-electron chi connectivity index (χ4n) is 4.61. The summed E-state index contributed by atoms with van der Waals surface area (Å²) in [5, 5.41) is 10.1. The van der Waals surface area contributed by atoms with Crippen LogP contribution in [0.25, 0.3) is 0 Å². The van der Waals surface area contributed by atoms with E-state index in [2.05, 4.69) is 23.6 Å². The molecular weight excluding hydrogens is 326 g/mol. The SMILES string of the molecule is CCN(C(=O)[C@@H](C)[NH+]1CCN(c2ccccc2O)CC1)C1CCCCC1. The second kappa shape index (κ2) is 8.76. The van der Waals surface area contributed by atoms with Gasteiger partial charge in [0.25, 0.3) is 5.91 Å². The Bertz CT molecular complexity index is 593. The van der Waals surface area contributed by atoms with Crippen LogP contribution < -0.4 is 9.80 Å². The van der Waals surface area contributed by atoms with Crippen molar-refractivity contribution in [2.24, 2.45) is 0 Å². The molecule has 1 aliphatic carbocycles. The van der Waals surface area contributed by atoms with Gasteiger partial charge in [0.15, 0.2) is 6.04 Å². The molecule has 1 amide bonds. The number of anilines is 1. The summed E-state index contributed by atoms with van der Waals surface area (Å²) in [6.45, 7) is 8.65. The van der Waals surface area contributed by atoms with E-state index >= 15 is 0 Å². The third kappa shape index (κ3) is 4.14. The van der Waals surface area contributed by atoms with Crippen LogP contribution >= 0.6 is 0 Å². The number of rotatable bonds is 5. The molecular formula is C21H34N3O2+. The lowest BCUT2D eigenvalue weighted by Gasteiger charge is -2.39. The van der Waals surface area contributed by atoms with E-state index in [1.165, 1.54) is 37.0 Å². The number of para-hydroxylation sites is 2. The van der Waals surface area contributed by atoms with Crippen molar-refractivity contribution in [3.8, 4) is 5.75 Å². The molecule has 1 heterocycles. The highest BCUT2D eigenvalue weighted by atomic mass is 16.3. The standard InChI is InChI=1S/C21H33N3O2/c1-3-24(18-9-5-4-6-10-18)21(26)17(2)22-13-15-23(16-14-22)19-11-7-8-12-20(19)25/h7-8,11-12,17-18,25H,3-6,9-10,13-16H2,1-2H3/p+1/t17-/m1/s1.